The van der Waals surface area contributed by atoms with Gasteiger partial charge in [0.05, 0.1) is 25.3 Å². The first-order chi connectivity index (χ1) is 8.16. The standard InChI is InChI=1S/C12H15NO4/c14-10-6-13(7-11(10)15)12(16)17-8-9-4-2-1-3-5-9/h1-5,10-11,14-15H,6-8H2/t10-,11-/m0/s1. The summed E-state index contributed by atoms with van der Waals surface area (Å²) in [6.07, 6.45) is -2.26. The lowest BCUT2D eigenvalue weighted by Gasteiger charge is -2.15. The second-order valence-electron chi connectivity index (χ2n) is 4.08. The van der Waals surface area contributed by atoms with E-state index in [1.165, 1.54) is 4.90 Å². The van der Waals surface area contributed by atoms with E-state index in [4.69, 9.17) is 4.74 Å². The van der Waals surface area contributed by atoms with E-state index in [0.717, 1.165) is 5.56 Å². The Morgan fingerprint density at radius 1 is 1.24 bits per heavy atom. The Balaban J connectivity index is 1.82. The van der Waals surface area contributed by atoms with Gasteiger partial charge in [-0.2, -0.15) is 0 Å². The maximum atomic E-state index is 11.6. The first-order valence-corrected chi connectivity index (χ1v) is 5.48. The lowest BCUT2D eigenvalue weighted by atomic mass is 10.2. The van der Waals surface area contributed by atoms with Gasteiger partial charge in [-0.25, -0.2) is 4.79 Å². The van der Waals surface area contributed by atoms with Gasteiger partial charge in [-0.3, -0.25) is 0 Å². The maximum absolute atomic E-state index is 11.6. The zero-order valence-corrected chi connectivity index (χ0v) is 9.32. The van der Waals surface area contributed by atoms with E-state index >= 15 is 0 Å². The predicted octanol–water partition coefficient (Wildman–Crippen LogP) is 0.361. The number of likely N-dealkylation sites (tertiary alicyclic amines) is 1. The quantitative estimate of drug-likeness (QED) is 0.779. The average molecular weight is 237 g/mol. The molecule has 2 N–H and O–H groups in total. The summed E-state index contributed by atoms with van der Waals surface area (Å²) < 4.78 is 5.07. The lowest BCUT2D eigenvalue weighted by Crippen LogP contribution is -2.30. The summed E-state index contributed by atoms with van der Waals surface area (Å²) in [6, 6.07) is 9.35. The van der Waals surface area contributed by atoms with Gasteiger partial charge in [-0.15, -0.1) is 0 Å². The van der Waals surface area contributed by atoms with Crippen LogP contribution in [-0.4, -0.2) is 46.5 Å². The number of hydrogen-bond acceptors (Lipinski definition) is 4. The fourth-order valence-electron chi connectivity index (χ4n) is 1.73. The molecule has 0 bridgehead atoms. The number of β-amino-alcohol motifs (C(OH)–C–C–N with tert-alkyl or cyclic N) is 2. The van der Waals surface area contributed by atoms with E-state index in [0.29, 0.717) is 0 Å². The smallest absolute Gasteiger partial charge is 0.410 e. The van der Waals surface area contributed by atoms with Crippen molar-refractivity contribution in [1.82, 2.24) is 4.90 Å². The van der Waals surface area contributed by atoms with E-state index < -0.39 is 18.3 Å². The van der Waals surface area contributed by atoms with Gasteiger partial charge in [-0.1, -0.05) is 30.3 Å². The van der Waals surface area contributed by atoms with Gasteiger partial charge in [0.1, 0.15) is 6.61 Å². The van der Waals surface area contributed by atoms with Crippen molar-refractivity contribution >= 4 is 6.09 Å². The zero-order valence-electron chi connectivity index (χ0n) is 9.32. The molecule has 17 heavy (non-hydrogen) atoms. The Morgan fingerprint density at radius 2 is 1.82 bits per heavy atom. The number of carbonyl (C=O) groups is 1. The van der Waals surface area contributed by atoms with E-state index in [1.807, 2.05) is 30.3 Å². The van der Waals surface area contributed by atoms with Crippen molar-refractivity contribution in [3.63, 3.8) is 0 Å². The molecule has 2 atom stereocenters. The van der Waals surface area contributed by atoms with Crippen LogP contribution in [0.25, 0.3) is 0 Å². The fourth-order valence-corrected chi connectivity index (χ4v) is 1.73. The van der Waals surface area contributed by atoms with Crippen molar-refractivity contribution in [2.75, 3.05) is 13.1 Å². The van der Waals surface area contributed by atoms with Crippen molar-refractivity contribution in [1.29, 1.82) is 0 Å². The molecule has 0 spiro atoms. The van der Waals surface area contributed by atoms with E-state index in [1.54, 1.807) is 0 Å². The second kappa shape index (κ2) is 5.16. The Labute approximate surface area is 99.2 Å². The Hall–Kier alpha value is -1.59. The SMILES string of the molecule is O=C(OCc1ccccc1)N1C[C@H](O)[C@@H](O)C1. The molecule has 1 fully saturated rings. The monoisotopic (exact) mass is 237 g/mol. The Kier molecular flexibility index (Phi) is 3.61. The van der Waals surface area contributed by atoms with Crippen LogP contribution in [0.1, 0.15) is 5.56 Å². The number of rotatable bonds is 2. The maximum Gasteiger partial charge on any atom is 0.410 e. The van der Waals surface area contributed by atoms with Crippen LogP contribution < -0.4 is 0 Å². The van der Waals surface area contributed by atoms with Gasteiger partial charge in [-0.05, 0) is 5.56 Å². The molecule has 2 rings (SSSR count). The number of nitrogens with zero attached hydrogens (tertiary/aromatic N) is 1. The third-order valence-corrected chi connectivity index (χ3v) is 2.72. The van der Waals surface area contributed by atoms with Gasteiger partial charge >= 0.3 is 6.09 Å². The number of ether oxygens (including phenoxy) is 1. The minimum absolute atomic E-state index is 0.120. The highest BCUT2D eigenvalue weighted by atomic mass is 16.6. The minimum Gasteiger partial charge on any atom is -0.445 e. The Bertz CT molecular complexity index is 371. The van der Waals surface area contributed by atoms with Crippen LogP contribution in [0.3, 0.4) is 0 Å². The number of aliphatic hydroxyl groups is 2. The van der Waals surface area contributed by atoms with Gasteiger partial charge in [0.15, 0.2) is 0 Å². The fraction of sp³-hybridized carbons (Fsp3) is 0.417. The summed E-state index contributed by atoms with van der Waals surface area (Å²) in [6.45, 7) is 0.436. The van der Waals surface area contributed by atoms with Gasteiger partial charge in [0.2, 0.25) is 0 Å². The molecule has 1 saturated heterocycles. The highest BCUT2D eigenvalue weighted by molar-refractivity contribution is 5.68. The summed E-state index contributed by atoms with van der Waals surface area (Å²) in [5, 5.41) is 18.6. The van der Waals surface area contributed by atoms with E-state index in [2.05, 4.69) is 0 Å². The van der Waals surface area contributed by atoms with Crippen LogP contribution >= 0.6 is 0 Å². The molecule has 5 heteroatoms. The summed E-state index contributed by atoms with van der Waals surface area (Å²) in [5.41, 5.74) is 0.904. The number of benzene rings is 1. The van der Waals surface area contributed by atoms with Crippen LogP contribution in [0.2, 0.25) is 0 Å². The average Bonchev–Trinajstić information content (AvgIpc) is 2.68. The minimum atomic E-state index is -0.876. The first-order valence-electron chi connectivity index (χ1n) is 5.48. The van der Waals surface area contributed by atoms with Crippen molar-refractivity contribution in [3.05, 3.63) is 35.9 Å². The molecule has 1 aliphatic rings. The molecule has 1 aromatic carbocycles. The molecule has 5 nitrogen and oxygen atoms in total. The van der Waals surface area contributed by atoms with Crippen LogP contribution in [0.15, 0.2) is 30.3 Å². The van der Waals surface area contributed by atoms with Crippen LogP contribution in [0, 0.1) is 0 Å². The molecule has 1 aromatic rings. The third kappa shape index (κ3) is 2.95. The van der Waals surface area contributed by atoms with Crippen molar-refractivity contribution in [2.24, 2.45) is 0 Å². The number of hydrogen-bond donors (Lipinski definition) is 2. The summed E-state index contributed by atoms with van der Waals surface area (Å²) in [5.74, 6) is 0. The van der Waals surface area contributed by atoms with Crippen LogP contribution in [-0.2, 0) is 11.3 Å². The molecule has 0 unspecified atom stereocenters. The zero-order chi connectivity index (χ0) is 12.3. The molecule has 0 saturated carbocycles. The number of amides is 1. The number of aliphatic hydroxyl groups excluding tert-OH is 2. The predicted molar refractivity (Wildman–Crippen MR) is 60.2 cm³/mol. The third-order valence-electron chi connectivity index (χ3n) is 2.72. The molecule has 0 aromatic heterocycles. The second-order valence-corrected chi connectivity index (χ2v) is 4.08. The molecule has 1 heterocycles. The molecule has 0 aliphatic carbocycles. The largest absolute Gasteiger partial charge is 0.445 e. The van der Waals surface area contributed by atoms with Crippen molar-refractivity contribution in [2.45, 2.75) is 18.8 Å². The van der Waals surface area contributed by atoms with E-state index in [9.17, 15) is 15.0 Å². The Morgan fingerprint density at radius 3 is 2.41 bits per heavy atom. The van der Waals surface area contributed by atoms with Crippen molar-refractivity contribution in [3.8, 4) is 0 Å². The summed E-state index contributed by atoms with van der Waals surface area (Å²) in [4.78, 5) is 12.9. The molecule has 1 aliphatic heterocycles. The molecular weight excluding hydrogens is 222 g/mol. The lowest BCUT2D eigenvalue weighted by molar-refractivity contribution is 0.0572. The summed E-state index contributed by atoms with van der Waals surface area (Å²) in [7, 11) is 0. The van der Waals surface area contributed by atoms with Gasteiger partial charge in [0, 0.05) is 0 Å². The molecular formula is C12H15NO4. The molecule has 92 valence electrons. The van der Waals surface area contributed by atoms with Gasteiger partial charge in [0.25, 0.3) is 0 Å². The van der Waals surface area contributed by atoms with E-state index in [-0.39, 0.29) is 19.7 Å². The van der Waals surface area contributed by atoms with Crippen LogP contribution in [0.5, 0.6) is 0 Å². The number of carbonyl (C=O) groups excluding carboxylic acids is 1. The van der Waals surface area contributed by atoms with Crippen molar-refractivity contribution < 1.29 is 19.7 Å². The molecule has 0 radical (unpaired) electrons. The van der Waals surface area contributed by atoms with Gasteiger partial charge < -0.3 is 19.8 Å². The highest BCUT2D eigenvalue weighted by Gasteiger charge is 2.33. The molecule has 1 amide bonds. The normalized spacial score (nSPS) is 23.8. The summed E-state index contributed by atoms with van der Waals surface area (Å²) >= 11 is 0. The first kappa shape index (κ1) is 11.9. The van der Waals surface area contributed by atoms with Crippen LogP contribution in [0.4, 0.5) is 4.79 Å². The topological polar surface area (TPSA) is 70.0 Å². The highest BCUT2D eigenvalue weighted by Crippen LogP contribution is 2.12.